The van der Waals surface area contributed by atoms with Crippen LogP contribution in [-0.2, 0) is 22.7 Å². The van der Waals surface area contributed by atoms with E-state index < -0.39 is 11.9 Å². The Kier molecular flexibility index (Phi) is 16.5. The Balaban J connectivity index is 0.780. The average molecular weight is 1390 g/mol. The van der Waals surface area contributed by atoms with Gasteiger partial charge in [-0.3, -0.25) is 0 Å². The molecule has 0 radical (unpaired) electrons. The molecule has 3 aromatic heterocycles. The molecule has 0 fully saturated rings. The van der Waals surface area contributed by atoms with Gasteiger partial charge in [0.15, 0.2) is 23.3 Å². The summed E-state index contributed by atoms with van der Waals surface area (Å²) in [6, 6.07) is 121. The number of anilines is 6. The van der Waals surface area contributed by atoms with Crippen molar-refractivity contribution in [2.45, 2.75) is 13.2 Å². The fourth-order valence-corrected chi connectivity index (χ4v) is 15.3. The molecule has 0 atom stereocenters. The van der Waals surface area contributed by atoms with Crippen LogP contribution in [0.5, 0.6) is 0 Å². The van der Waals surface area contributed by atoms with Gasteiger partial charge < -0.3 is 23.8 Å². The van der Waals surface area contributed by atoms with Crippen molar-refractivity contribution in [1.82, 2.24) is 29.5 Å². The Morgan fingerprint density at radius 3 is 1.27 bits per heavy atom. The average Bonchev–Trinajstić information content (AvgIpc) is 0.854. The van der Waals surface area contributed by atoms with Crippen LogP contribution in [0.15, 0.2) is 358 Å². The molecule has 0 aliphatic carbocycles. The largest absolute Gasteiger partial charge is 0.457 e. The number of hydrogen-bond donors (Lipinski definition) is 0. The fourth-order valence-electron chi connectivity index (χ4n) is 15.3. The number of nitrogens with zero attached hydrogens (tertiary/aromatic N) is 8. The molecule has 13 heteroatoms. The molecule has 0 spiro atoms. The topological polar surface area (TPSA) is 128 Å². The molecule has 12 nitrogen and oxygen atoms in total. The lowest BCUT2D eigenvalue weighted by molar-refractivity contribution is 0.0464. The van der Waals surface area contributed by atoms with Crippen molar-refractivity contribution in [2.24, 2.45) is 0 Å². The molecule has 510 valence electrons. The smallest absolute Gasteiger partial charge is 0.338 e. The van der Waals surface area contributed by atoms with E-state index in [0.717, 1.165) is 89.7 Å². The fraction of sp³-hybridized carbons (Fsp3) is 0.0211. The first-order chi connectivity index (χ1) is 53.4. The zero-order chi connectivity index (χ0) is 72.0. The molecule has 2 aliphatic rings. The van der Waals surface area contributed by atoms with Crippen LogP contribution in [0.4, 0.5) is 34.1 Å². The van der Waals surface area contributed by atoms with Gasteiger partial charge in [0, 0.05) is 78.3 Å². The Morgan fingerprint density at radius 2 is 0.704 bits per heavy atom. The molecule has 0 unspecified atom stereocenters. The molecular formula is C95H63BN8O4. The molecule has 0 bridgehead atoms. The second kappa shape index (κ2) is 27.6. The maximum atomic E-state index is 14.2. The van der Waals surface area contributed by atoms with Crippen LogP contribution in [0.2, 0.25) is 0 Å². The van der Waals surface area contributed by atoms with Crippen LogP contribution in [0.1, 0.15) is 31.8 Å². The summed E-state index contributed by atoms with van der Waals surface area (Å²) in [4.78, 5) is 60.1. The van der Waals surface area contributed by atoms with E-state index in [9.17, 15) is 9.59 Å². The van der Waals surface area contributed by atoms with Crippen molar-refractivity contribution in [2.75, 3.05) is 9.80 Å². The molecule has 0 saturated carbocycles. The number of aromatic nitrogens is 6. The van der Waals surface area contributed by atoms with Crippen molar-refractivity contribution in [3.63, 3.8) is 0 Å². The predicted molar refractivity (Wildman–Crippen MR) is 433 cm³/mol. The van der Waals surface area contributed by atoms with E-state index in [2.05, 4.69) is 184 Å². The van der Waals surface area contributed by atoms with Gasteiger partial charge in [-0.1, -0.05) is 243 Å². The van der Waals surface area contributed by atoms with Crippen molar-refractivity contribution in [1.29, 1.82) is 0 Å². The van der Waals surface area contributed by atoms with E-state index in [1.54, 1.807) is 12.1 Å². The van der Waals surface area contributed by atoms with Crippen molar-refractivity contribution < 1.29 is 19.1 Å². The van der Waals surface area contributed by atoms with Crippen LogP contribution < -0.4 is 26.2 Å². The third kappa shape index (κ3) is 12.0. The molecule has 14 aromatic carbocycles. The number of benzene rings is 14. The number of esters is 2. The van der Waals surface area contributed by atoms with E-state index in [4.69, 9.17) is 34.4 Å². The molecule has 108 heavy (non-hydrogen) atoms. The number of para-hydroxylation sites is 3. The highest BCUT2D eigenvalue weighted by Gasteiger charge is 2.43. The number of ether oxygens (including phenoxy) is 2. The van der Waals surface area contributed by atoms with Crippen LogP contribution in [0, 0.1) is 0 Å². The van der Waals surface area contributed by atoms with Crippen LogP contribution in [0.25, 0.3) is 107 Å². The van der Waals surface area contributed by atoms with Gasteiger partial charge in [-0.2, -0.15) is 0 Å². The minimum absolute atomic E-state index is 0.00754. The van der Waals surface area contributed by atoms with Gasteiger partial charge in [-0.25, -0.2) is 34.5 Å². The monoisotopic (exact) mass is 1390 g/mol. The molecule has 19 rings (SSSR count). The molecule has 5 heterocycles. The quantitative estimate of drug-likeness (QED) is 0.0677. The molecule has 0 amide bonds. The third-order valence-corrected chi connectivity index (χ3v) is 20.3. The van der Waals surface area contributed by atoms with E-state index >= 15 is 0 Å². The molecule has 2 aliphatic heterocycles. The summed E-state index contributed by atoms with van der Waals surface area (Å²) < 4.78 is 14.1. The summed E-state index contributed by atoms with van der Waals surface area (Å²) in [7, 11) is 0. The van der Waals surface area contributed by atoms with E-state index in [-0.39, 0.29) is 19.9 Å². The van der Waals surface area contributed by atoms with Crippen molar-refractivity contribution in [3.05, 3.63) is 380 Å². The summed E-state index contributed by atoms with van der Waals surface area (Å²) in [5.74, 6) is 0.985. The van der Waals surface area contributed by atoms with Crippen LogP contribution >= 0.6 is 0 Å². The Bertz CT molecular complexity index is 6160. The summed E-state index contributed by atoms with van der Waals surface area (Å²) in [5.41, 5.74) is 23.1. The maximum Gasteiger partial charge on any atom is 0.338 e. The lowest BCUT2D eigenvalue weighted by Crippen LogP contribution is -2.61. The summed E-state index contributed by atoms with van der Waals surface area (Å²) in [6.45, 7) is 0.189. The van der Waals surface area contributed by atoms with Gasteiger partial charge in [0.05, 0.1) is 39.2 Å². The highest BCUT2D eigenvalue weighted by Crippen LogP contribution is 2.46. The van der Waals surface area contributed by atoms with Crippen LogP contribution in [-0.4, -0.2) is 48.1 Å². The zero-order valence-electron chi connectivity index (χ0n) is 58.3. The van der Waals surface area contributed by atoms with Crippen LogP contribution in [0.3, 0.4) is 0 Å². The van der Waals surface area contributed by atoms with E-state index in [1.165, 1.54) is 22.1 Å². The van der Waals surface area contributed by atoms with E-state index in [0.29, 0.717) is 67.7 Å². The Morgan fingerprint density at radius 1 is 0.296 bits per heavy atom. The van der Waals surface area contributed by atoms with Gasteiger partial charge in [-0.05, 0) is 154 Å². The lowest BCUT2D eigenvalue weighted by Gasteiger charge is -2.44. The second-order valence-electron chi connectivity index (χ2n) is 26.9. The first kappa shape index (κ1) is 64.4. The zero-order valence-corrected chi connectivity index (χ0v) is 58.3. The van der Waals surface area contributed by atoms with Gasteiger partial charge in [-0.15, -0.1) is 0 Å². The first-order valence-corrected chi connectivity index (χ1v) is 36.0. The minimum atomic E-state index is -0.491. The SMILES string of the molecule is O=C(OCc1ccccc1)c1ccc2c(c1)c1cc(C(=O)OCc3ccccc3)ccc1n2-c1ccc(-c2nc(-c3ccccc3)nc(-c3ccccc3)n2)cc1-c1cc(-c2ccccc2)nc(-c2cccc(-c3cccc(N4c5ccccc5B5c6ccccc6N(c6ccccc6)c6cccc4c65)c3)c2)n1. The standard InChI is InChI=1S/C95H63BN8O4/c105-94(107-60-62-26-7-1-8-27-62)71-49-52-82-75(57-71)76-58-72(95(106)108-61-63-28-9-2-10-29-63)50-53-83(76)104(82)84-51-48-70(93-100-90(65-32-13-4-14-33-65)99-91(101-93)66-34-15-5-16-35-66)56-77(84)81-59-80(64-30-11-3-12-31-64)97-92(98-81)69-38-23-36-67(54-69)68-37-24-41-74(55-68)103-86-45-22-20-43-79(86)96-78-42-19-21-44-85(78)102(73-39-17-6-18-40-73)87-46-25-47-88(103)89(87)96/h1-59H,60-61H2. The van der Waals surface area contributed by atoms with E-state index in [1.807, 2.05) is 176 Å². The number of hydrogen-bond acceptors (Lipinski definition) is 11. The molecule has 0 N–H and O–H groups in total. The lowest BCUT2D eigenvalue weighted by atomic mass is 9.33. The van der Waals surface area contributed by atoms with Gasteiger partial charge in [0.1, 0.15) is 13.2 Å². The number of fused-ring (bicyclic) bond motifs is 7. The minimum Gasteiger partial charge on any atom is -0.457 e. The van der Waals surface area contributed by atoms with Gasteiger partial charge in [0.2, 0.25) is 0 Å². The highest BCUT2D eigenvalue weighted by molar-refractivity contribution is 7.00. The molecule has 0 saturated heterocycles. The third-order valence-electron chi connectivity index (χ3n) is 20.3. The normalized spacial score (nSPS) is 12.0. The summed E-state index contributed by atoms with van der Waals surface area (Å²) in [5, 5.41) is 1.41. The highest BCUT2D eigenvalue weighted by atomic mass is 16.5. The first-order valence-electron chi connectivity index (χ1n) is 36.0. The maximum absolute atomic E-state index is 14.2. The Hall–Kier alpha value is -14.4. The van der Waals surface area contributed by atoms with Crippen molar-refractivity contribution >= 4 is 91.0 Å². The predicted octanol–water partition coefficient (Wildman–Crippen LogP) is 20.2. The second-order valence-corrected chi connectivity index (χ2v) is 26.9. The Labute approximate surface area is 623 Å². The van der Waals surface area contributed by atoms with Crippen molar-refractivity contribution in [3.8, 4) is 84.9 Å². The summed E-state index contributed by atoms with van der Waals surface area (Å²) in [6.07, 6.45) is 0. The number of carbonyl (C=O) groups excluding carboxylic acids is 2. The molecular weight excluding hydrogens is 1330 g/mol. The number of rotatable bonds is 16. The van der Waals surface area contributed by atoms with Gasteiger partial charge in [0.25, 0.3) is 6.71 Å². The molecule has 17 aromatic rings. The summed E-state index contributed by atoms with van der Waals surface area (Å²) >= 11 is 0. The van der Waals surface area contributed by atoms with Gasteiger partial charge >= 0.3 is 11.9 Å². The number of carbonyl (C=O) groups is 2.